The van der Waals surface area contributed by atoms with Gasteiger partial charge in [0.2, 0.25) is 0 Å². The molecular weight excluding hydrogens is 1140 g/mol. The predicted molar refractivity (Wildman–Crippen MR) is 353 cm³/mol. The van der Waals surface area contributed by atoms with Gasteiger partial charge in [-0.05, 0) is 143 Å². The summed E-state index contributed by atoms with van der Waals surface area (Å²) in [6.45, 7) is -14.1. The Morgan fingerprint density at radius 1 is 0.500 bits per heavy atom. The molecule has 0 bridgehead atoms. The Balaban J connectivity index is 0.000000286. The van der Waals surface area contributed by atoms with Crippen LogP contribution in [0.4, 0.5) is 0 Å². The lowest BCUT2D eigenvalue weighted by atomic mass is 9.79. The molecule has 3 aromatic carbocycles. The standard InChI is InChI=1S/3C24H38N2O4/c3*1-14(2)9-17-13-26-8-7-16-10-21(28-5)22(29-6)11-18(16)19(26)12-20(17)30-24(27)23(25)15(3)4/h3*10-11,14-15,17,19-20,23H,7-9,12-13,25H2,1-6H3/t3*17?,19?,20?,23-/m000/s1/i1D3,5D3,9D2,10D,11D,12D2,13D2,14D,17D,19D,20D;1D3,9D2,10D,11D,12D2,13D2,14D,17D,19D,20D;1D3,5D3,9D2,10D,11D,12D2,13D2,14D,17D,19D/t3*14?,17?,19?,20?,23-. The molecular formula is C72H114N6O12. The molecule has 15 atom stereocenters. The van der Waals surface area contributed by atoms with Gasteiger partial charge in [-0.1, -0.05) is 82.9 Å². The van der Waals surface area contributed by atoms with Crippen molar-refractivity contribution in [2.45, 2.75) is 195 Å². The Bertz CT molecular complexity index is 5240. The molecule has 9 rings (SSSR count). The summed E-state index contributed by atoms with van der Waals surface area (Å²) in [5, 5.41) is 0. The van der Waals surface area contributed by atoms with Gasteiger partial charge < -0.3 is 59.8 Å². The number of fused-ring (bicyclic) bond motifs is 9. The lowest BCUT2D eigenvalue weighted by Gasteiger charge is -2.47. The van der Waals surface area contributed by atoms with Gasteiger partial charge in [-0.2, -0.15) is 0 Å². The molecule has 3 fully saturated rings. The van der Waals surface area contributed by atoms with Crippen LogP contribution in [0.3, 0.4) is 0 Å². The first-order chi connectivity index (χ1) is 62.1. The quantitative estimate of drug-likeness (QED) is 0.0666. The van der Waals surface area contributed by atoms with Gasteiger partial charge in [-0.3, -0.25) is 29.1 Å². The van der Waals surface area contributed by atoms with E-state index >= 15 is 0 Å². The smallest absolute Gasteiger partial charge is 0.323 e. The number of piperidine rings is 3. The first-order valence-electron chi connectivity index (χ1n) is 53.4. The fraction of sp³-hybridized carbons (Fsp3) is 0.708. The van der Waals surface area contributed by atoms with E-state index in [4.69, 9.17) is 101 Å². The Kier molecular flexibility index (Phi) is 10.8. The van der Waals surface area contributed by atoms with Crippen LogP contribution >= 0.6 is 0 Å². The molecule has 0 saturated carbocycles. The normalized spacial score (nSPS) is 46.1. The van der Waals surface area contributed by atoms with Crippen LogP contribution in [0, 0.1) is 53.1 Å². The number of carbonyl (C=O) groups is 3. The van der Waals surface area contributed by atoms with Crippen LogP contribution in [0.25, 0.3) is 0 Å². The molecule has 6 N–H and O–H groups in total. The van der Waals surface area contributed by atoms with Gasteiger partial charge in [0.05, 0.1) is 65.8 Å². The Morgan fingerprint density at radius 2 is 0.800 bits per heavy atom. The fourth-order valence-corrected chi connectivity index (χ4v) is 9.09. The number of esters is 3. The van der Waals surface area contributed by atoms with E-state index < -0.39 is 338 Å². The van der Waals surface area contributed by atoms with E-state index in [1.165, 1.54) is 48.7 Å². The van der Waals surface area contributed by atoms with Crippen molar-refractivity contribution in [2.75, 3.05) is 81.6 Å². The Hall–Kier alpha value is -5.37. The van der Waals surface area contributed by atoms with Crippen molar-refractivity contribution in [2.24, 2.45) is 70.3 Å². The van der Waals surface area contributed by atoms with Gasteiger partial charge in [-0.15, -0.1) is 0 Å². The summed E-state index contributed by atoms with van der Waals surface area (Å²) >= 11 is 0. The van der Waals surface area contributed by atoms with Gasteiger partial charge in [0, 0.05) is 139 Å². The molecule has 6 aliphatic heterocycles. The molecule has 6 aliphatic rings. The number of methoxy groups -OCH3 is 6. The van der Waals surface area contributed by atoms with Gasteiger partial charge in [0.25, 0.3) is 0 Å². The number of hydrogen-bond donors (Lipinski definition) is 3. The van der Waals surface area contributed by atoms with Crippen LogP contribution < -0.4 is 45.6 Å². The van der Waals surface area contributed by atoms with Crippen LogP contribution in [0.2, 0.25) is 0 Å². The molecule has 3 saturated heterocycles. The molecule has 0 spiro atoms. The minimum atomic E-state index is -4.27. The van der Waals surface area contributed by atoms with Crippen molar-refractivity contribution in [1.29, 1.82) is 0 Å². The van der Waals surface area contributed by atoms with Crippen molar-refractivity contribution in [3.8, 4) is 34.5 Å². The number of nitrogens with zero attached hydrogens (tertiary/aromatic N) is 3. The summed E-state index contributed by atoms with van der Waals surface area (Å²) < 4.78 is 481. The lowest BCUT2D eigenvalue weighted by Crippen LogP contribution is -2.51. The molecule has 0 radical (unpaired) electrons. The molecule has 0 aromatic heterocycles. The average molecular weight is 1310 g/mol. The second kappa shape index (κ2) is 32.5. The highest BCUT2D eigenvalue weighted by molar-refractivity contribution is 5.77. The zero-order valence-electron chi connectivity index (χ0n) is 102. The van der Waals surface area contributed by atoms with Crippen molar-refractivity contribution in [3.63, 3.8) is 0 Å². The zero-order valence-corrected chi connectivity index (χ0v) is 52.3. The van der Waals surface area contributed by atoms with E-state index in [1.54, 1.807) is 0 Å². The van der Waals surface area contributed by atoms with E-state index in [-0.39, 0.29) is 28.2 Å². The van der Waals surface area contributed by atoms with Crippen LogP contribution in [0.1, 0.15) is 241 Å². The van der Waals surface area contributed by atoms with Crippen molar-refractivity contribution in [1.82, 2.24) is 14.7 Å². The van der Waals surface area contributed by atoms with Gasteiger partial charge >= 0.3 is 17.9 Å². The van der Waals surface area contributed by atoms with Crippen LogP contribution in [-0.4, -0.2) is 151 Å². The van der Waals surface area contributed by atoms with Crippen LogP contribution in [0.15, 0.2) is 36.3 Å². The summed E-state index contributed by atoms with van der Waals surface area (Å²) in [7, 11) is -2.13. The second-order valence-electron chi connectivity index (χ2n) is 21.8. The molecule has 18 nitrogen and oxygen atoms in total. The average Bonchev–Trinajstić information content (AvgIpc) is 0.644. The topological polar surface area (TPSA) is 222 Å². The third-order valence-corrected chi connectivity index (χ3v) is 14.1. The maximum absolute atomic E-state index is 13.4. The van der Waals surface area contributed by atoms with E-state index in [1.807, 2.05) is 0 Å². The summed E-state index contributed by atoms with van der Waals surface area (Å²) in [5.74, 6) is -33.0. The van der Waals surface area contributed by atoms with E-state index in [0.717, 1.165) is 21.3 Å². The summed E-state index contributed by atoms with van der Waals surface area (Å²) in [4.78, 5) is 41.0. The first-order valence-corrected chi connectivity index (χ1v) is 28.4. The third-order valence-electron chi connectivity index (χ3n) is 14.1. The van der Waals surface area contributed by atoms with Crippen molar-refractivity contribution < 1.29 is 126 Å². The van der Waals surface area contributed by atoms with Crippen molar-refractivity contribution in [3.05, 3.63) is 69.6 Å². The largest absolute Gasteiger partial charge is 0.493 e. The molecule has 3 aromatic rings. The predicted octanol–water partition coefficient (Wildman–Crippen LogP) is 10.7. The minimum absolute atomic E-state index is 0.176. The highest BCUT2D eigenvalue weighted by Crippen LogP contribution is 2.48. The van der Waals surface area contributed by atoms with E-state index in [0.29, 0.717) is 30.6 Å². The highest BCUT2D eigenvalue weighted by Gasteiger charge is 2.45. The molecule has 0 aliphatic carbocycles. The molecule has 504 valence electrons. The van der Waals surface area contributed by atoms with E-state index in [2.05, 4.69) is 0 Å². The number of nitrogens with two attached hydrogens (primary N) is 3. The Morgan fingerprint density at radius 3 is 1.12 bits per heavy atom. The number of hydrogen-bond acceptors (Lipinski definition) is 18. The summed E-state index contributed by atoms with van der Waals surface area (Å²) in [6, 6.07) is -19.5. The van der Waals surface area contributed by atoms with Crippen LogP contribution in [0.5, 0.6) is 34.5 Å². The molecule has 0 amide bonds. The minimum Gasteiger partial charge on any atom is -0.493 e. The molecule has 90 heavy (non-hydrogen) atoms. The number of rotatable bonds is 21. The third kappa shape index (κ3) is 17.5. The number of carbonyl (C=O) groups excluding carboxylic acids is 3. The maximum atomic E-state index is 13.4. The fourth-order valence-electron chi connectivity index (χ4n) is 9.09. The number of ether oxygens (including phenoxy) is 9. The summed E-state index contributed by atoms with van der Waals surface area (Å²) in [6.07, 6.45) is -36.5. The Labute approximate surface area is 609 Å². The lowest BCUT2D eigenvalue weighted by molar-refractivity contribution is -0.161. The van der Waals surface area contributed by atoms with Crippen LogP contribution in [-0.2, 0) is 47.9 Å². The van der Waals surface area contributed by atoms with E-state index in [9.17, 15) is 41.8 Å². The zero-order chi connectivity index (χ0) is 110. The summed E-state index contributed by atoms with van der Waals surface area (Å²) in [5.41, 5.74) is 14.4. The highest BCUT2D eigenvalue weighted by atomic mass is 16.6. The molecule has 6 heterocycles. The van der Waals surface area contributed by atoms with Gasteiger partial charge in [-0.25, -0.2) is 0 Å². The monoisotopic (exact) mass is 1310 g/mol. The maximum Gasteiger partial charge on any atom is 0.323 e. The molecule has 12 unspecified atom stereocenters. The number of benzene rings is 3. The van der Waals surface area contributed by atoms with Gasteiger partial charge in [0.15, 0.2) is 34.5 Å². The van der Waals surface area contributed by atoms with Crippen molar-refractivity contribution >= 4 is 17.9 Å². The second-order valence-corrected chi connectivity index (χ2v) is 21.8. The molecule has 18 heteroatoms. The first kappa shape index (κ1) is 29.9. The SMILES string of the molecule is [2H]c1c2c(c([2H])c(OC)c1OC([2H])([2H])[2H])C1([2H])N(CC2)C([2H])([2H])C([2H])(C([2H])([2H])C([2H])(C)C([2H])([2H])[2H])C(OC(=O)[C@@H](N)C(C)C)C1([2H])[2H].[2H]c1c2c(c([2H])c(OC)c1OC([2H])([2H])[2H])C1([2H])N(CC2)C([2H])([2H])C([2H])(C([2H])([2H])C([2H])(C)C([2H])([2H])[2H])C([2H])(OC(=O)[C@@H](N)C(C)C)C1([2H])[2H].[2H]c1c2c(c([2H])c(OC)c1OC)C1([2H])N(CC2)C([2H])([2H])C([2H])(C([2H])([2H])C([2H])(C)C([2H])([2H])[2H])C([2H])(OC(=O)[C@@H](N)C(C)C)C1([2H])[2H]. The van der Waals surface area contributed by atoms with Gasteiger partial charge in [0.1, 0.15) is 36.4 Å².